The number of nitrogens with one attached hydrogen (secondary N) is 1. The van der Waals surface area contributed by atoms with Crippen molar-refractivity contribution in [2.75, 3.05) is 11.6 Å². The summed E-state index contributed by atoms with van der Waals surface area (Å²) >= 11 is 0. The predicted octanol–water partition coefficient (Wildman–Crippen LogP) is 1.10. The van der Waals surface area contributed by atoms with Gasteiger partial charge in [-0.25, -0.2) is 8.42 Å². The van der Waals surface area contributed by atoms with E-state index >= 15 is 0 Å². The molecule has 1 aromatic carbocycles. The number of aromatic nitrogens is 2. The number of rotatable bonds is 3. The zero-order valence-electron chi connectivity index (χ0n) is 10.2. The van der Waals surface area contributed by atoms with Crippen LogP contribution in [0.2, 0.25) is 0 Å². The lowest BCUT2D eigenvalue weighted by Gasteiger charge is -1.99. The van der Waals surface area contributed by atoms with Gasteiger partial charge in [-0.2, -0.15) is 0 Å². The van der Waals surface area contributed by atoms with E-state index < -0.39 is 9.84 Å². The van der Waals surface area contributed by atoms with Crippen molar-refractivity contribution in [2.45, 2.75) is 11.8 Å². The number of carbonyl (C=O) groups is 1. The van der Waals surface area contributed by atoms with Crippen molar-refractivity contribution in [3.63, 3.8) is 0 Å². The minimum Gasteiger partial charge on any atom is -0.403 e. The number of hydrogen-bond donors (Lipinski definition) is 1. The Bertz CT molecular complexity index is 704. The van der Waals surface area contributed by atoms with Crippen LogP contribution < -0.4 is 5.32 Å². The van der Waals surface area contributed by atoms with E-state index in [0.717, 1.165) is 6.26 Å². The second-order valence-electron chi connectivity index (χ2n) is 3.89. The van der Waals surface area contributed by atoms with E-state index in [1.807, 2.05) is 0 Å². The topological polar surface area (TPSA) is 102 Å². The van der Waals surface area contributed by atoms with Crippen LogP contribution in [-0.4, -0.2) is 30.8 Å². The summed E-state index contributed by atoms with van der Waals surface area (Å²) in [6.45, 7) is 1.32. The highest BCUT2D eigenvalue weighted by Gasteiger charge is 2.11. The fourth-order valence-electron chi connectivity index (χ4n) is 1.39. The molecule has 0 fully saturated rings. The molecule has 0 aliphatic heterocycles. The van der Waals surface area contributed by atoms with Crippen molar-refractivity contribution in [2.24, 2.45) is 0 Å². The highest BCUT2D eigenvalue weighted by atomic mass is 32.2. The van der Waals surface area contributed by atoms with Crippen molar-refractivity contribution in [1.29, 1.82) is 0 Å². The summed E-state index contributed by atoms with van der Waals surface area (Å²) in [5.74, 6) is -0.119. The summed E-state index contributed by atoms with van der Waals surface area (Å²) in [6.07, 6.45) is 1.13. The Morgan fingerprint density at radius 2 is 1.84 bits per heavy atom. The minimum atomic E-state index is -3.24. The highest BCUT2D eigenvalue weighted by Crippen LogP contribution is 2.21. The number of hydrogen-bond acceptors (Lipinski definition) is 6. The first kappa shape index (κ1) is 13.2. The first-order chi connectivity index (χ1) is 8.86. The maximum atomic E-state index is 11.3. The van der Waals surface area contributed by atoms with Crippen LogP contribution in [0.5, 0.6) is 0 Å². The normalized spacial score (nSPS) is 11.3. The van der Waals surface area contributed by atoms with Gasteiger partial charge in [-0.15, -0.1) is 5.10 Å². The Hall–Kier alpha value is -2.22. The molecule has 2 aromatic rings. The molecule has 7 nitrogen and oxygen atoms in total. The summed E-state index contributed by atoms with van der Waals surface area (Å²) in [5, 5.41) is 9.74. The largest absolute Gasteiger partial charge is 0.403 e. The van der Waals surface area contributed by atoms with Crippen molar-refractivity contribution in [3.05, 3.63) is 24.3 Å². The summed E-state index contributed by atoms with van der Waals surface area (Å²) in [4.78, 5) is 11.0. The fourth-order valence-corrected chi connectivity index (χ4v) is 2.02. The van der Waals surface area contributed by atoms with Crippen molar-refractivity contribution < 1.29 is 17.6 Å². The van der Waals surface area contributed by atoms with E-state index in [4.69, 9.17) is 4.42 Å². The number of benzene rings is 1. The third-order valence-corrected chi connectivity index (χ3v) is 3.37. The van der Waals surface area contributed by atoms with Gasteiger partial charge in [0.2, 0.25) is 11.8 Å². The Morgan fingerprint density at radius 1 is 1.21 bits per heavy atom. The Kier molecular flexibility index (Phi) is 3.34. The molecule has 0 saturated heterocycles. The molecule has 19 heavy (non-hydrogen) atoms. The lowest BCUT2D eigenvalue weighted by Crippen LogP contribution is -2.05. The molecule has 1 heterocycles. The van der Waals surface area contributed by atoms with Crippen LogP contribution in [0.4, 0.5) is 6.01 Å². The quantitative estimate of drug-likeness (QED) is 0.903. The van der Waals surface area contributed by atoms with Crippen molar-refractivity contribution >= 4 is 21.8 Å². The minimum absolute atomic E-state index is 0.00492. The van der Waals surface area contributed by atoms with Crippen LogP contribution in [0.1, 0.15) is 6.92 Å². The lowest BCUT2D eigenvalue weighted by atomic mass is 10.2. The van der Waals surface area contributed by atoms with E-state index in [1.54, 1.807) is 12.1 Å². The van der Waals surface area contributed by atoms with Gasteiger partial charge in [0.15, 0.2) is 9.84 Å². The third-order valence-electron chi connectivity index (χ3n) is 2.24. The van der Waals surface area contributed by atoms with Gasteiger partial charge in [-0.05, 0) is 24.3 Å². The van der Waals surface area contributed by atoms with Gasteiger partial charge < -0.3 is 4.42 Å². The van der Waals surface area contributed by atoms with Crippen LogP contribution in [0.15, 0.2) is 33.6 Å². The molecule has 8 heteroatoms. The molecule has 100 valence electrons. The number of carbonyl (C=O) groups excluding carboxylic acids is 1. The maximum Gasteiger partial charge on any atom is 0.322 e. The van der Waals surface area contributed by atoms with E-state index in [1.165, 1.54) is 19.1 Å². The third kappa shape index (κ3) is 3.16. The van der Waals surface area contributed by atoms with Crippen molar-refractivity contribution in [1.82, 2.24) is 10.2 Å². The van der Waals surface area contributed by atoms with Gasteiger partial charge in [-0.3, -0.25) is 10.1 Å². The molecule has 0 saturated carbocycles. The monoisotopic (exact) mass is 281 g/mol. The van der Waals surface area contributed by atoms with E-state index in [0.29, 0.717) is 5.56 Å². The number of anilines is 1. The van der Waals surface area contributed by atoms with Crippen LogP contribution >= 0.6 is 0 Å². The van der Waals surface area contributed by atoms with Gasteiger partial charge >= 0.3 is 6.01 Å². The van der Waals surface area contributed by atoms with Gasteiger partial charge in [-0.1, -0.05) is 5.10 Å². The molecule has 1 amide bonds. The fraction of sp³-hybridized carbons (Fsp3) is 0.182. The van der Waals surface area contributed by atoms with Crippen LogP contribution in [-0.2, 0) is 14.6 Å². The van der Waals surface area contributed by atoms with Crippen molar-refractivity contribution in [3.8, 4) is 11.5 Å². The molecule has 0 atom stereocenters. The molecule has 2 rings (SSSR count). The van der Waals surface area contributed by atoms with Gasteiger partial charge in [0.05, 0.1) is 4.90 Å². The summed E-state index contributed by atoms with van der Waals surface area (Å²) < 4.78 is 27.8. The highest BCUT2D eigenvalue weighted by molar-refractivity contribution is 7.90. The SMILES string of the molecule is CC(=O)Nc1nnc(-c2ccc(S(C)(=O)=O)cc2)o1. The first-order valence-electron chi connectivity index (χ1n) is 5.28. The first-order valence-corrected chi connectivity index (χ1v) is 7.17. The molecule has 0 aliphatic rings. The zero-order valence-corrected chi connectivity index (χ0v) is 11.1. The molecule has 1 aromatic heterocycles. The van der Waals surface area contributed by atoms with Gasteiger partial charge in [0.25, 0.3) is 0 Å². The lowest BCUT2D eigenvalue weighted by molar-refractivity contribution is -0.114. The molecule has 0 radical (unpaired) electrons. The molecule has 1 N–H and O–H groups in total. The van der Waals surface area contributed by atoms with Crippen LogP contribution in [0.25, 0.3) is 11.5 Å². The average Bonchev–Trinajstić information content (AvgIpc) is 2.75. The van der Waals surface area contributed by atoms with E-state index in [2.05, 4.69) is 15.5 Å². The Morgan fingerprint density at radius 3 is 2.37 bits per heavy atom. The van der Waals surface area contributed by atoms with E-state index in [9.17, 15) is 13.2 Å². The standard InChI is InChI=1S/C11H11N3O4S/c1-7(15)12-11-14-13-10(18-11)8-3-5-9(6-4-8)19(2,16)17/h3-6H,1-2H3,(H,12,14,15). The predicted molar refractivity (Wildman–Crippen MR) is 67.1 cm³/mol. The van der Waals surface area contributed by atoms with Crippen LogP contribution in [0, 0.1) is 0 Å². The molecule has 0 unspecified atom stereocenters. The molecule has 0 spiro atoms. The maximum absolute atomic E-state index is 11.3. The summed E-state index contributed by atoms with van der Waals surface area (Å²) in [5.41, 5.74) is 0.566. The number of nitrogens with zero attached hydrogens (tertiary/aromatic N) is 2. The Balaban J connectivity index is 2.27. The average molecular weight is 281 g/mol. The molecule has 0 aliphatic carbocycles. The second-order valence-corrected chi connectivity index (χ2v) is 5.91. The summed E-state index contributed by atoms with van der Waals surface area (Å²) in [6, 6.07) is 6.01. The molecular formula is C11H11N3O4S. The zero-order chi connectivity index (χ0) is 14.0. The van der Waals surface area contributed by atoms with Crippen LogP contribution in [0.3, 0.4) is 0 Å². The smallest absolute Gasteiger partial charge is 0.322 e. The number of sulfone groups is 1. The number of amides is 1. The summed E-state index contributed by atoms with van der Waals surface area (Å²) in [7, 11) is -3.24. The molecule has 0 bridgehead atoms. The van der Waals surface area contributed by atoms with Gasteiger partial charge in [0.1, 0.15) is 0 Å². The van der Waals surface area contributed by atoms with Gasteiger partial charge in [0, 0.05) is 18.7 Å². The molecular weight excluding hydrogens is 270 g/mol. The second kappa shape index (κ2) is 4.81. The van der Waals surface area contributed by atoms with E-state index in [-0.39, 0.29) is 22.7 Å². The Labute approximate surface area is 109 Å².